The van der Waals surface area contributed by atoms with Crippen LogP contribution in [0.25, 0.3) is 77.7 Å². The van der Waals surface area contributed by atoms with Gasteiger partial charge in [-0.05, 0) is 66.7 Å². The maximum absolute atomic E-state index is 5.18. The van der Waals surface area contributed by atoms with Crippen LogP contribution < -0.4 is 0 Å². The molecule has 206 valence electrons. The second-order valence-electron chi connectivity index (χ2n) is 11.3. The average molecular weight is 564 g/mol. The number of rotatable bonds is 3. The molecule has 44 heavy (non-hydrogen) atoms. The highest BCUT2D eigenvalue weighted by atomic mass is 15.3. The molecular weight excluding hydrogens is 538 g/mol. The lowest BCUT2D eigenvalue weighted by Crippen LogP contribution is -1.98. The minimum Gasteiger partial charge on any atom is -0.309 e. The van der Waals surface area contributed by atoms with Crippen molar-refractivity contribution in [1.29, 1.82) is 0 Å². The summed E-state index contributed by atoms with van der Waals surface area (Å²) in [5.74, 6) is 0.906. The summed E-state index contributed by atoms with van der Waals surface area (Å²) in [6, 6.07) is 53.9. The molecule has 0 aliphatic carbocycles. The van der Waals surface area contributed by atoms with Crippen molar-refractivity contribution in [2.24, 2.45) is 0 Å². The quantitative estimate of drug-likeness (QED) is 0.211. The van der Waals surface area contributed by atoms with Crippen molar-refractivity contribution in [3.05, 3.63) is 152 Å². The van der Waals surface area contributed by atoms with Crippen LogP contribution in [-0.2, 0) is 0 Å². The van der Waals surface area contributed by atoms with Gasteiger partial charge in [0.25, 0.3) is 0 Å². The molecule has 10 aromatic rings. The summed E-state index contributed by atoms with van der Waals surface area (Å²) in [7, 11) is 0. The van der Waals surface area contributed by atoms with Crippen LogP contribution in [0.5, 0.6) is 0 Å². The second kappa shape index (κ2) is 8.72. The van der Waals surface area contributed by atoms with Crippen LogP contribution in [0.3, 0.4) is 0 Å². The van der Waals surface area contributed by atoms with Gasteiger partial charge in [-0.15, -0.1) is 0 Å². The number of hydrogen-bond donors (Lipinski definition) is 0. The van der Waals surface area contributed by atoms with Gasteiger partial charge in [-0.1, -0.05) is 84.9 Å². The zero-order valence-electron chi connectivity index (χ0n) is 23.7. The first-order chi connectivity index (χ1) is 21.9. The molecule has 0 radical (unpaired) electrons. The Bertz CT molecular complexity index is 2700. The van der Waals surface area contributed by atoms with Gasteiger partial charge in [-0.2, -0.15) is 0 Å². The van der Waals surface area contributed by atoms with E-state index in [2.05, 4.69) is 170 Å². The summed E-state index contributed by atoms with van der Waals surface area (Å²) in [5.41, 5.74) is 11.2. The van der Waals surface area contributed by atoms with Crippen LogP contribution in [0, 0.1) is 0 Å². The van der Waals surface area contributed by atoms with Crippen molar-refractivity contribution >= 4 is 60.7 Å². The van der Waals surface area contributed by atoms with E-state index in [9.17, 15) is 0 Å². The summed E-state index contributed by atoms with van der Waals surface area (Å²) in [6.07, 6.45) is 0. The highest BCUT2D eigenvalue weighted by molar-refractivity contribution is 6.12. The molecule has 0 unspecified atom stereocenters. The van der Waals surface area contributed by atoms with Crippen LogP contribution in [0.15, 0.2) is 152 Å². The second-order valence-corrected chi connectivity index (χ2v) is 11.3. The predicted molar refractivity (Wildman–Crippen MR) is 181 cm³/mol. The molecule has 4 aromatic heterocycles. The molecule has 5 nitrogen and oxygen atoms in total. The number of hydrogen-bond acceptors (Lipinski definition) is 1. The molecule has 0 spiro atoms. The first-order valence-corrected chi connectivity index (χ1v) is 14.9. The monoisotopic (exact) mass is 563 g/mol. The molecule has 0 saturated heterocycles. The van der Waals surface area contributed by atoms with Crippen molar-refractivity contribution in [2.45, 2.75) is 0 Å². The lowest BCUT2D eigenvalue weighted by molar-refractivity contribution is 1.09. The van der Waals surface area contributed by atoms with Gasteiger partial charge in [-0.3, -0.25) is 13.5 Å². The normalized spacial score (nSPS) is 12.1. The maximum Gasteiger partial charge on any atom is 0.221 e. The van der Waals surface area contributed by atoms with Gasteiger partial charge < -0.3 is 4.57 Å². The Morgan fingerprint density at radius 3 is 1.70 bits per heavy atom. The van der Waals surface area contributed by atoms with E-state index < -0.39 is 0 Å². The third kappa shape index (κ3) is 3.05. The number of imidazole rings is 2. The van der Waals surface area contributed by atoms with Gasteiger partial charge in [-0.25, -0.2) is 4.98 Å². The predicted octanol–water partition coefficient (Wildman–Crippen LogP) is 9.47. The number of aromatic nitrogens is 5. The summed E-state index contributed by atoms with van der Waals surface area (Å²) < 4.78 is 9.42. The van der Waals surface area contributed by atoms with Crippen molar-refractivity contribution in [3.8, 4) is 17.1 Å². The summed E-state index contributed by atoms with van der Waals surface area (Å²) in [6.45, 7) is 0. The Kier molecular flexibility index (Phi) is 4.66. The molecule has 6 aromatic carbocycles. The van der Waals surface area contributed by atoms with Crippen molar-refractivity contribution in [3.63, 3.8) is 0 Å². The largest absolute Gasteiger partial charge is 0.309 e. The van der Waals surface area contributed by atoms with Crippen molar-refractivity contribution in [1.82, 2.24) is 23.1 Å². The molecule has 0 bridgehead atoms. The third-order valence-corrected chi connectivity index (χ3v) is 8.95. The minimum absolute atomic E-state index is 0.906. The van der Waals surface area contributed by atoms with Crippen LogP contribution in [0.4, 0.5) is 0 Å². The standard InChI is InChI=1S/C39H25N5/c1-3-13-26(14-4-1)41-33-20-10-7-17-29(33)31-25-28(23-24-35(31)41)42-34-21-11-8-18-30(34)37-38(42)44-36-22-12-9-19-32(36)40-39(44)43(37)27-15-5-2-6-16-27/h1-25H. The maximum atomic E-state index is 5.18. The van der Waals surface area contributed by atoms with E-state index in [4.69, 9.17) is 4.98 Å². The average Bonchev–Trinajstić information content (AvgIpc) is 3.80. The summed E-state index contributed by atoms with van der Waals surface area (Å²) >= 11 is 0. The molecule has 0 fully saturated rings. The zero-order chi connectivity index (χ0) is 28.8. The molecule has 0 amide bonds. The van der Waals surface area contributed by atoms with E-state index in [1.165, 1.54) is 27.2 Å². The zero-order valence-corrected chi connectivity index (χ0v) is 23.7. The van der Waals surface area contributed by atoms with Crippen molar-refractivity contribution in [2.75, 3.05) is 0 Å². The SMILES string of the molecule is c1ccc(-n2c3ccccc3c3cc(-n4c5ccccc5c5c4n4c6ccccc6nc4n5-c4ccccc4)ccc32)cc1. The Hall–Kier alpha value is -6.07. The van der Waals surface area contributed by atoms with Gasteiger partial charge in [0.1, 0.15) is 5.52 Å². The smallest absolute Gasteiger partial charge is 0.221 e. The van der Waals surface area contributed by atoms with E-state index in [-0.39, 0.29) is 0 Å². The van der Waals surface area contributed by atoms with Gasteiger partial charge >= 0.3 is 0 Å². The van der Waals surface area contributed by atoms with Crippen LogP contribution in [0.2, 0.25) is 0 Å². The van der Waals surface area contributed by atoms with Gasteiger partial charge in [0.2, 0.25) is 5.78 Å². The molecule has 0 atom stereocenters. The number of nitrogens with zero attached hydrogens (tertiary/aromatic N) is 5. The summed E-state index contributed by atoms with van der Waals surface area (Å²) in [4.78, 5) is 5.18. The number of benzene rings is 6. The van der Waals surface area contributed by atoms with Gasteiger partial charge in [0.15, 0.2) is 5.65 Å². The fraction of sp³-hybridized carbons (Fsp3) is 0. The Labute approximate surface area is 252 Å². The van der Waals surface area contributed by atoms with Crippen LogP contribution >= 0.6 is 0 Å². The van der Waals surface area contributed by atoms with E-state index >= 15 is 0 Å². The molecule has 0 aliphatic heterocycles. The Balaban J connectivity index is 1.38. The molecule has 0 saturated carbocycles. The molecule has 4 heterocycles. The fourth-order valence-electron chi connectivity index (χ4n) is 7.15. The van der Waals surface area contributed by atoms with E-state index in [0.29, 0.717) is 0 Å². The van der Waals surface area contributed by atoms with E-state index in [1.807, 2.05) is 0 Å². The molecule has 5 heteroatoms. The highest BCUT2D eigenvalue weighted by Crippen LogP contribution is 2.40. The Morgan fingerprint density at radius 1 is 0.386 bits per heavy atom. The lowest BCUT2D eigenvalue weighted by Gasteiger charge is -2.10. The van der Waals surface area contributed by atoms with E-state index in [0.717, 1.165) is 50.6 Å². The molecular formula is C39H25N5. The Morgan fingerprint density at radius 2 is 0.955 bits per heavy atom. The minimum atomic E-state index is 0.906. The van der Waals surface area contributed by atoms with Crippen molar-refractivity contribution < 1.29 is 0 Å². The fourth-order valence-corrected chi connectivity index (χ4v) is 7.15. The van der Waals surface area contributed by atoms with Gasteiger partial charge in [0, 0.05) is 33.2 Å². The first-order valence-electron chi connectivity index (χ1n) is 14.9. The van der Waals surface area contributed by atoms with E-state index in [1.54, 1.807) is 0 Å². The van der Waals surface area contributed by atoms with Crippen LogP contribution in [0.1, 0.15) is 0 Å². The third-order valence-electron chi connectivity index (χ3n) is 8.95. The number of para-hydroxylation sites is 6. The van der Waals surface area contributed by atoms with Crippen LogP contribution in [-0.4, -0.2) is 23.1 Å². The molecule has 0 aliphatic rings. The molecule has 10 rings (SSSR count). The molecule has 0 N–H and O–H groups in total. The lowest BCUT2D eigenvalue weighted by atomic mass is 10.1. The summed E-state index contributed by atoms with van der Waals surface area (Å²) in [5, 5.41) is 3.65. The topological polar surface area (TPSA) is 32.1 Å². The first kappa shape index (κ1) is 23.5. The van der Waals surface area contributed by atoms with Gasteiger partial charge in [0.05, 0.1) is 27.6 Å². The highest BCUT2D eigenvalue weighted by Gasteiger charge is 2.25. The number of fused-ring (bicyclic) bond motifs is 10.